The summed E-state index contributed by atoms with van der Waals surface area (Å²) in [5.41, 5.74) is 0.251. The zero-order chi connectivity index (χ0) is 13.8. The first-order valence-corrected chi connectivity index (χ1v) is 6.41. The van der Waals surface area contributed by atoms with Gasteiger partial charge in [0, 0.05) is 18.8 Å². The Morgan fingerprint density at radius 1 is 1.50 bits per heavy atom. The molecule has 0 aromatic carbocycles. The van der Waals surface area contributed by atoms with Crippen molar-refractivity contribution in [1.29, 1.82) is 0 Å². The number of carbonyl (C=O) groups excluding carboxylic acids is 1. The standard InChI is InChI=1S/C14H24N2O2/c1-11(9-14(3,4)5)8-13(17)18-10-16-7-6-15-12(16)2/h6-7,11H,8-10H2,1-5H3. The number of aromatic nitrogens is 2. The summed E-state index contributed by atoms with van der Waals surface area (Å²) in [6.07, 6.45) is 5.00. The predicted octanol–water partition coefficient (Wildman–Crippen LogP) is 3.15. The van der Waals surface area contributed by atoms with Gasteiger partial charge in [-0.2, -0.15) is 0 Å². The quantitative estimate of drug-likeness (QED) is 0.756. The fourth-order valence-corrected chi connectivity index (χ4v) is 2.14. The van der Waals surface area contributed by atoms with E-state index in [9.17, 15) is 4.79 Å². The maximum absolute atomic E-state index is 11.7. The highest BCUT2D eigenvalue weighted by Crippen LogP contribution is 2.26. The number of imidazole rings is 1. The van der Waals surface area contributed by atoms with Crippen LogP contribution >= 0.6 is 0 Å². The van der Waals surface area contributed by atoms with E-state index in [-0.39, 0.29) is 18.1 Å². The molecule has 4 heteroatoms. The highest BCUT2D eigenvalue weighted by Gasteiger charge is 2.18. The largest absolute Gasteiger partial charge is 0.444 e. The molecular weight excluding hydrogens is 228 g/mol. The first-order valence-electron chi connectivity index (χ1n) is 6.41. The van der Waals surface area contributed by atoms with E-state index in [1.54, 1.807) is 12.4 Å². The van der Waals surface area contributed by atoms with E-state index in [0.717, 1.165) is 12.2 Å². The molecule has 0 fully saturated rings. The Kier molecular flexibility index (Phi) is 4.93. The molecule has 1 aromatic heterocycles. The van der Waals surface area contributed by atoms with Gasteiger partial charge < -0.3 is 9.30 Å². The number of esters is 1. The number of nitrogens with zero attached hydrogens (tertiary/aromatic N) is 2. The van der Waals surface area contributed by atoms with Gasteiger partial charge in [0.15, 0.2) is 6.73 Å². The van der Waals surface area contributed by atoms with E-state index in [1.807, 2.05) is 11.5 Å². The highest BCUT2D eigenvalue weighted by molar-refractivity contribution is 5.69. The summed E-state index contributed by atoms with van der Waals surface area (Å²) in [6.45, 7) is 10.8. The van der Waals surface area contributed by atoms with E-state index >= 15 is 0 Å². The van der Waals surface area contributed by atoms with E-state index in [1.165, 1.54) is 0 Å². The van der Waals surface area contributed by atoms with Gasteiger partial charge >= 0.3 is 5.97 Å². The monoisotopic (exact) mass is 252 g/mol. The zero-order valence-electron chi connectivity index (χ0n) is 12.1. The Balaban J connectivity index is 2.32. The Bertz CT molecular complexity index is 391. The number of carbonyl (C=O) groups is 1. The van der Waals surface area contributed by atoms with Gasteiger partial charge in [0.25, 0.3) is 0 Å². The molecule has 0 spiro atoms. The lowest BCUT2D eigenvalue weighted by Crippen LogP contribution is -2.17. The van der Waals surface area contributed by atoms with Gasteiger partial charge in [0.2, 0.25) is 0 Å². The van der Waals surface area contributed by atoms with Crippen LogP contribution in [0.25, 0.3) is 0 Å². The molecule has 4 nitrogen and oxygen atoms in total. The van der Waals surface area contributed by atoms with Crippen LogP contribution in [0.3, 0.4) is 0 Å². The summed E-state index contributed by atoms with van der Waals surface area (Å²) >= 11 is 0. The van der Waals surface area contributed by atoms with Crippen molar-refractivity contribution >= 4 is 5.97 Å². The molecule has 0 amide bonds. The number of aryl methyl sites for hydroxylation is 1. The normalized spacial score (nSPS) is 13.4. The summed E-state index contributed by atoms with van der Waals surface area (Å²) in [7, 11) is 0. The molecule has 0 saturated heterocycles. The van der Waals surface area contributed by atoms with E-state index in [4.69, 9.17) is 4.74 Å². The van der Waals surface area contributed by atoms with Crippen LogP contribution < -0.4 is 0 Å². The fourth-order valence-electron chi connectivity index (χ4n) is 2.14. The van der Waals surface area contributed by atoms with Crippen molar-refractivity contribution in [2.24, 2.45) is 11.3 Å². The molecule has 1 aromatic rings. The van der Waals surface area contributed by atoms with Gasteiger partial charge in [-0.15, -0.1) is 0 Å². The van der Waals surface area contributed by atoms with Crippen LogP contribution in [-0.2, 0) is 16.3 Å². The Hall–Kier alpha value is -1.32. The Labute approximate surface area is 109 Å². The Morgan fingerprint density at radius 3 is 2.67 bits per heavy atom. The second-order valence-electron chi connectivity index (χ2n) is 6.16. The molecule has 0 aliphatic rings. The van der Waals surface area contributed by atoms with Crippen LogP contribution in [-0.4, -0.2) is 15.5 Å². The summed E-state index contributed by atoms with van der Waals surface area (Å²) in [5, 5.41) is 0. The van der Waals surface area contributed by atoms with Crippen LogP contribution in [0.15, 0.2) is 12.4 Å². The first kappa shape index (κ1) is 14.7. The van der Waals surface area contributed by atoms with E-state index in [0.29, 0.717) is 12.3 Å². The van der Waals surface area contributed by atoms with Gasteiger partial charge in [-0.25, -0.2) is 4.98 Å². The van der Waals surface area contributed by atoms with Crippen LogP contribution in [0.2, 0.25) is 0 Å². The minimum absolute atomic E-state index is 0.139. The summed E-state index contributed by atoms with van der Waals surface area (Å²) < 4.78 is 7.05. The van der Waals surface area contributed by atoms with E-state index in [2.05, 4.69) is 32.7 Å². The molecule has 0 radical (unpaired) electrons. The highest BCUT2D eigenvalue weighted by atomic mass is 16.5. The number of rotatable bonds is 5. The number of hydrogen-bond acceptors (Lipinski definition) is 3. The lowest BCUT2D eigenvalue weighted by atomic mass is 9.84. The molecule has 0 bridgehead atoms. The molecule has 1 atom stereocenters. The van der Waals surface area contributed by atoms with Crippen molar-refractivity contribution in [3.8, 4) is 0 Å². The van der Waals surface area contributed by atoms with Crippen LogP contribution in [0.4, 0.5) is 0 Å². The summed E-state index contributed by atoms with van der Waals surface area (Å²) in [6, 6.07) is 0. The van der Waals surface area contributed by atoms with Crippen LogP contribution in [0.1, 0.15) is 46.4 Å². The van der Waals surface area contributed by atoms with Crippen molar-refractivity contribution in [1.82, 2.24) is 9.55 Å². The molecule has 0 saturated carbocycles. The molecule has 0 aliphatic heterocycles. The lowest BCUT2D eigenvalue weighted by molar-refractivity contribution is -0.148. The van der Waals surface area contributed by atoms with Crippen molar-refractivity contribution < 1.29 is 9.53 Å². The van der Waals surface area contributed by atoms with Crippen molar-refractivity contribution in [3.63, 3.8) is 0 Å². The number of ether oxygens (including phenoxy) is 1. The minimum Gasteiger partial charge on any atom is -0.444 e. The second-order valence-corrected chi connectivity index (χ2v) is 6.16. The molecule has 1 rings (SSSR count). The maximum Gasteiger partial charge on any atom is 0.307 e. The maximum atomic E-state index is 11.7. The summed E-state index contributed by atoms with van der Waals surface area (Å²) in [5.74, 6) is 1.06. The van der Waals surface area contributed by atoms with Crippen molar-refractivity contribution in [2.45, 2.75) is 54.2 Å². The average Bonchev–Trinajstić information content (AvgIpc) is 2.57. The lowest BCUT2D eigenvalue weighted by Gasteiger charge is -2.22. The van der Waals surface area contributed by atoms with Gasteiger partial charge in [-0.05, 0) is 24.7 Å². The van der Waals surface area contributed by atoms with Gasteiger partial charge in [0.05, 0.1) is 0 Å². The zero-order valence-corrected chi connectivity index (χ0v) is 12.1. The third-order valence-electron chi connectivity index (χ3n) is 2.76. The molecular formula is C14H24N2O2. The van der Waals surface area contributed by atoms with Crippen molar-refractivity contribution in [3.05, 3.63) is 18.2 Å². The topological polar surface area (TPSA) is 44.1 Å². The number of hydrogen-bond donors (Lipinski definition) is 0. The molecule has 1 heterocycles. The van der Waals surface area contributed by atoms with Gasteiger partial charge in [0.1, 0.15) is 5.82 Å². The molecule has 102 valence electrons. The van der Waals surface area contributed by atoms with E-state index < -0.39 is 0 Å². The fraction of sp³-hybridized carbons (Fsp3) is 0.714. The smallest absolute Gasteiger partial charge is 0.307 e. The molecule has 1 unspecified atom stereocenters. The molecule has 0 aliphatic carbocycles. The minimum atomic E-state index is -0.139. The second kappa shape index (κ2) is 6.03. The Morgan fingerprint density at radius 2 is 2.17 bits per heavy atom. The average molecular weight is 252 g/mol. The van der Waals surface area contributed by atoms with Crippen molar-refractivity contribution in [2.75, 3.05) is 0 Å². The van der Waals surface area contributed by atoms with Gasteiger partial charge in [-0.1, -0.05) is 27.7 Å². The summed E-state index contributed by atoms with van der Waals surface area (Å²) in [4.78, 5) is 15.8. The predicted molar refractivity (Wildman–Crippen MR) is 70.9 cm³/mol. The SMILES string of the molecule is Cc1nccn1COC(=O)CC(C)CC(C)(C)C. The third kappa shape index (κ3) is 5.34. The first-order chi connectivity index (χ1) is 8.28. The van der Waals surface area contributed by atoms with Crippen LogP contribution in [0.5, 0.6) is 0 Å². The third-order valence-corrected chi connectivity index (χ3v) is 2.76. The molecule has 0 N–H and O–H groups in total. The molecule has 18 heavy (non-hydrogen) atoms. The van der Waals surface area contributed by atoms with Gasteiger partial charge in [-0.3, -0.25) is 4.79 Å². The van der Waals surface area contributed by atoms with Crippen LogP contribution in [0, 0.1) is 18.3 Å².